The average Bonchev–Trinajstić information content (AvgIpc) is 3.54. The third kappa shape index (κ3) is 4.94. The molecule has 7 aromatic carbocycles. The van der Waals surface area contributed by atoms with Gasteiger partial charge in [0, 0.05) is 23.2 Å². The van der Waals surface area contributed by atoms with Crippen LogP contribution in [0.3, 0.4) is 0 Å². The molecule has 2 aliphatic rings. The Labute approximate surface area is 298 Å². The summed E-state index contributed by atoms with van der Waals surface area (Å²) in [5.41, 5.74) is 15.2. The van der Waals surface area contributed by atoms with Crippen molar-refractivity contribution in [2.24, 2.45) is 0 Å². The Bertz CT molecular complexity index is 2710. The van der Waals surface area contributed by atoms with Gasteiger partial charge in [0.1, 0.15) is 0 Å². The molecule has 1 aliphatic carbocycles. The molecule has 2 heteroatoms. The molecule has 0 amide bonds. The first-order chi connectivity index (χ1) is 25.3. The molecule has 242 valence electrons. The second kappa shape index (κ2) is 12.2. The second-order valence-corrected chi connectivity index (χ2v) is 13.6. The molecule has 0 saturated carbocycles. The lowest BCUT2D eigenvalue weighted by atomic mass is 9.85. The number of aromatic nitrogens is 1. The summed E-state index contributed by atoms with van der Waals surface area (Å²) in [6.07, 6.45) is 13.2. The summed E-state index contributed by atoms with van der Waals surface area (Å²) in [4.78, 5) is 0. The highest BCUT2D eigenvalue weighted by molar-refractivity contribution is 6.22. The molecule has 8 aromatic rings. The van der Waals surface area contributed by atoms with Crippen LogP contribution in [-0.2, 0) is 6.54 Å². The molecule has 51 heavy (non-hydrogen) atoms. The number of rotatable bonds is 5. The van der Waals surface area contributed by atoms with Crippen molar-refractivity contribution in [3.05, 3.63) is 187 Å². The average molecular weight is 653 g/mol. The fraction of sp³-hybridized carbons (Fsp3) is 0.0612. The summed E-state index contributed by atoms with van der Waals surface area (Å²) < 4.78 is 2.43. The van der Waals surface area contributed by atoms with Gasteiger partial charge in [-0.2, -0.15) is 0 Å². The van der Waals surface area contributed by atoms with Crippen LogP contribution in [-0.4, -0.2) is 4.57 Å². The molecule has 2 heterocycles. The third-order valence-electron chi connectivity index (χ3n) is 10.7. The van der Waals surface area contributed by atoms with Gasteiger partial charge in [-0.3, -0.25) is 0 Å². The van der Waals surface area contributed by atoms with E-state index in [1.807, 2.05) is 0 Å². The third-order valence-corrected chi connectivity index (χ3v) is 10.7. The van der Waals surface area contributed by atoms with Crippen molar-refractivity contribution in [1.82, 2.24) is 9.88 Å². The van der Waals surface area contributed by atoms with Crippen molar-refractivity contribution in [2.75, 3.05) is 0 Å². The monoisotopic (exact) mass is 652 g/mol. The van der Waals surface area contributed by atoms with Crippen LogP contribution < -0.4 is 5.32 Å². The van der Waals surface area contributed by atoms with E-state index in [1.54, 1.807) is 0 Å². The lowest BCUT2D eigenvalue weighted by Gasteiger charge is -2.18. The van der Waals surface area contributed by atoms with Crippen LogP contribution in [0, 0.1) is 0 Å². The molecular formula is C49H36N2. The summed E-state index contributed by atoms with van der Waals surface area (Å²) in [7, 11) is 0. The zero-order chi connectivity index (χ0) is 33.7. The van der Waals surface area contributed by atoms with Gasteiger partial charge in [-0.25, -0.2) is 0 Å². The van der Waals surface area contributed by atoms with E-state index in [4.69, 9.17) is 0 Å². The number of allylic oxidation sites excluding steroid dienone is 4. The van der Waals surface area contributed by atoms with Gasteiger partial charge in [0.25, 0.3) is 0 Å². The molecule has 0 atom stereocenters. The minimum Gasteiger partial charge on any atom is -0.387 e. The topological polar surface area (TPSA) is 17.0 Å². The van der Waals surface area contributed by atoms with Gasteiger partial charge in [0.05, 0.1) is 11.2 Å². The van der Waals surface area contributed by atoms with Crippen LogP contribution in [0.25, 0.3) is 83.2 Å². The predicted molar refractivity (Wildman–Crippen MR) is 217 cm³/mol. The Balaban J connectivity index is 1.17. The number of hydrogen-bond donors (Lipinski definition) is 1. The van der Waals surface area contributed by atoms with Gasteiger partial charge in [0.15, 0.2) is 0 Å². The van der Waals surface area contributed by atoms with Crippen LogP contribution in [0.2, 0.25) is 0 Å². The zero-order valence-electron chi connectivity index (χ0n) is 28.3. The maximum Gasteiger partial charge on any atom is 0.0538 e. The Hall–Kier alpha value is -6.38. The summed E-state index contributed by atoms with van der Waals surface area (Å²) in [5.74, 6) is 0. The maximum absolute atomic E-state index is 3.49. The lowest BCUT2D eigenvalue weighted by Crippen LogP contribution is -2.10. The second-order valence-electron chi connectivity index (χ2n) is 13.6. The van der Waals surface area contributed by atoms with Gasteiger partial charge in [-0.05, 0) is 122 Å². The van der Waals surface area contributed by atoms with Gasteiger partial charge in [-0.1, -0.05) is 133 Å². The van der Waals surface area contributed by atoms with E-state index in [1.165, 1.54) is 93.9 Å². The summed E-state index contributed by atoms with van der Waals surface area (Å²) >= 11 is 0. The van der Waals surface area contributed by atoms with Gasteiger partial charge in [-0.15, -0.1) is 0 Å². The highest BCUT2D eigenvalue weighted by atomic mass is 15.0. The maximum atomic E-state index is 3.49. The summed E-state index contributed by atoms with van der Waals surface area (Å²) in [5, 5.41) is 9.86. The molecule has 0 bridgehead atoms. The largest absolute Gasteiger partial charge is 0.387 e. The summed E-state index contributed by atoms with van der Waals surface area (Å²) in [6, 6.07) is 53.9. The molecule has 0 unspecified atom stereocenters. The first-order valence-electron chi connectivity index (χ1n) is 18.0. The normalized spacial score (nSPS) is 13.8. The lowest BCUT2D eigenvalue weighted by molar-refractivity contribution is 0.855. The van der Waals surface area contributed by atoms with E-state index < -0.39 is 0 Å². The van der Waals surface area contributed by atoms with E-state index in [-0.39, 0.29) is 0 Å². The van der Waals surface area contributed by atoms with Gasteiger partial charge in [0.2, 0.25) is 0 Å². The number of nitrogens with one attached hydrogen (secondary N) is 1. The summed E-state index contributed by atoms with van der Waals surface area (Å²) in [6.45, 7) is 0.804. The van der Waals surface area contributed by atoms with Crippen LogP contribution >= 0.6 is 0 Å². The molecule has 2 nitrogen and oxygen atoms in total. The number of hydrogen-bond acceptors (Lipinski definition) is 1. The first-order valence-corrected chi connectivity index (χ1v) is 18.0. The van der Waals surface area contributed by atoms with E-state index >= 15 is 0 Å². The smallest absolute Gasteiger partial charge is 0.0538 e. The minimum absolute atomic E-state index is 0.804. The molecule has 0 radical (unpaired) electrons. The molecule has 0 fully saturated rings. The molecule has 1 N–H and O–H groups in total. The van der Waals surface area contributed by atoms with Crippen molar-refractivity contribution >= 4 is 44.1 Å². The van der Waals surface area contributed by atoms with Gasteiger partial charge >= 0.3 is 0 Å². The number of benzene rings is 7. The fourth-order valence-electron chi connectivity index (χ4n) is 8.35. The highest BCUT2D eigenvalue weighted by Gasteiger charge is 2.21. The van der Waals surface area contributed by atoms with E-state index in [0.717, 1.165) is 19.4 Å². The zero-order valence-corrected chi connectivity index (χ0v) is 28.3. The molecule has 1 aromatic heterocycles. The number of fused-ring (bicyclic) bond motifs is 5. The van der Waals surface area contributed by atoms with Crippen LogP contribution in [0.5, 0.6) is 0 Å². The van der Waals surface area contributed by atoms with Crippen molar-refractivity contribution in [3.63, 3.8) is 0 Å². The van der Waals surface area contributed by atoms with Gasteiger partial charge < -0.3 is 9.88 Å². The highest BCUT2D eigenvalue weighted by Crippen LogP contribution is 2.45. The van der Waals surface area contributed by atoms with Crippen LogP contribution in [0.4, 0.5) is 0 Å². The quantitative estimate of drug-likeness (QED) is 0.183. The van der Waals surface area contributed by atoms with Crippen molar-refractivity contribution < 1.29 is 0 Å². The molecule has 0 spiro atoms. The first kappa shape index (κ1) is 29.5. The van der Waals surface area contributed by atoms with Crippen LogP contribution in [0.1, 0.15) is 29.7 Å². The van der Waals surface area contributed by atoms with E-state index in [9.17, 15) is 0 Å². The molecule has 0 saturated heterocycles. The van der Waals surface area contributed by atoms with Crippen molar-refractivity contribution in [3.8, 4) is 39.1 Å². The SMILES string of the molecule is C1=CCCC(c2ccc(-n3c4c(c5cc(-c6ccc7c(-c8ccccc8)c8ccccc8c(-c8ccccc8)c7c6)ccc53)CNC=C4)cc2)=C1. The van der Waals surface area contributed by atoms with Crippen LogP contribution in [0.15, 0.2) is 170 Å². The Morgan fingerprint density at radius 3 is 1.80 bits per heavy atom. The molecule has 10 rings (SSSR count). The Kier molecular flexibility index (Phi) is 7.06. The van der Waals surface area contributed by atoms with Crippen molar-refractivity contribution in [2.45, 2.75) is 19.4 Å². The fourth-order valence-corrected chi connectivity index (χ4v) is 8.35. The Morgan fingerprint density at radius 1 is 0.510 bits per heavy atom. The number of nitrogens with zero attached hydrogens (tertiary/aromatic N) is 1. The van der Waals surface area contributed by atoms with Crippen molar-refractivity contribution in [1.29, 1.82) is 0 Å². The van der Waals surface area contributed by atoms with E-state index in [0.29, 0.717) is 0 Å². The standard InChI is InChI=1S/C49H36N2/c1-4-12-33(13-5-1)34-20-24-39(25-21-34)51-46-27-23-38(30-43(46)45-32-50-29-28-47(45)51)37-22-26-42-44(31-37)49(36-16-8-3-9-17-36)41-19-11-10-18-40(41)48(42)35-14-6-2-7-15-35/h1-4,6-12,14-31,50H,5,13,32H2. The molecule has 1 aliphatic heterocycles. The predicted octanol–water partition coefficient (Wildman–Crippen LogP) is 12.7. The van der Waals surface area contributed by atoms with E-state index in [2.05, 4.69) is 186 Å². The molecular weight excluding hydrogens is 617 g/mol. The minimum atomic E-state index is 0.804. The Morgan fingerprint density at radius 2 is 1.12 bits per heavy atom.